The minimum atomic E-state index is -4.46. The summed E-state index contributed by atoms with van der Waals surface area (Å²) >= 11 is 0. The number of anilines is 1. The molecule has 0 spiro atoms. The number of imidazole rings is 1. The summed E-state index contributed by atoms with van der Waals surface area (Å²) in [6.07, 6.45) is -3.01. The number of amides is 1. The summed E-state index contributed by atoms with van der Waals surface area (Å²) in [6, 6.07) is 9.47. The molecular formula is C15H10F3N3O. The summed E-state index contributed by atoms with van der Waals surface area (Å²) < 4.78 is 38.0. The molecule has 1 heterocycles. The lowest BCUT2D eigenvalue weighted by Gasteiger charge is -2.10. The first-order valence-corrected chi connectivity index (χ1v) is 6.36. The van der Waals surface area contributed by atoms with E-state index in [0.717, 1.165) is 12.1 Å². The first-order valence-electron chi connectivity index (χ1n) is 6.36. The highest BCUT2D eigenvalue weighted by Crippen LogP contribution is 2.30. The monoisotopic (exact) mass is 305 g/mol. The van der Waals surface area contributed by atoms with Gasteiger partial charge in [-0.3, -0.25) is 4.79 Å². The van der Waals surface area contributed by atoms with E-state index in [1.807, 2.05) is 0 Å². The van der Waals surface area contributed by atoms with Crippen LogP contribution in [0.3, 0.4) is 0 Å². The SMILES string of the molecule is O=C(Nc1cccc(C(F)(F)F)c1)c1cccc2[nH]cnc12. The molecule has 1 amide bonds. The Morgan fingerprint density at radius 2 is 1.91 bits per heavy atom. The Labute approximate surface area is 123 Å². The molecule has 0 saturated carbocycles. The molecule has 4 nitrogen and oxygen atoms in total. The molecule has 2 aromatic carbocycles. The third-order valence-electron chi connectivity index (χ3n) is 3.14. The Morgan fingerprint density at radius 1 is 1.14 bits per heavy atom. The third-order valence-corrected chi connectivity index (χ3v) is 3.14. The Morgan fingerprint density at radius 3 is 2.68 bits per heavy atom. The number of nitrogens with zero attached hydrogens (tertiary/aromatic N) is 1. The average molecular weight is 305 g/mol. The molecule has 0 unspecified atom stereocenters. The van der Waals surface area contributed by atoms with Crippen molar-refractivity contribution in [2.45, 2.75) is 6.18 Å². The Kier molecular flexibility index (Phi) is 3.32. The van der Waals surface area contributed by atoms with Crippen LogP contribution in [0.15, 0.2) is 48.8 Å². The van der Waals surface area contributed by atoms with Crippen LogP contribution in [0.25, 0.3) is 11.0 Å². The highest BCUT2D eigenvalue weighted by atomic mass is 19.4. The maximum Gasteiger partial charge on any atom is 0.416 e. The predicted molar refractivity (Wildman–Crippen MR) is 75.5 cm³/mol. The summed E-state index contributed by atoms with van der Waals surface area (Å²) in [5, 5.41) is 2.46. The second-order valence-electron chi connectivity index (χ2n) is 4.64. The van der Waals surface area contributed by atoms with Gasteiger partial charge in [-0.2, -0.15) is 13.2 Å². The minimum Gasteiger partial charge on any atom is -0.345 e. The van der Waals surface area contributed by atoms with E-state index >= 15 is 0 Å². The fourth-order valence-electron chi connectivity index (χ4n) is 2.12. The number of fused-ring (bicyclic) bond motifs is 1. The van der Waals surface area contributed by atoms with Crippen LogP contribution in [-0.2, 0) is 6.18 Å². The zero-order chi connectivity index (χ0) is 15.7. The molecule has 0 fully saturated rings. The van der Waals surface area contributed by atoms with E-state index in [-0.39, 0.29) is 11.3 Å². The molecule has 0 saturated heterocycles. The summed E-state index contributed by atoms with van der Waals surface area (Å²) in [4.78, 5) is 19.2. The van der Waals surface area contributed by atoms with Gasteiger partial charge in [-0.1, -0.05) is 12.1 Å². The van der Waals surface area contributed by atoms with E-state index in [4.69, 9.17) is 0 Å². The molecular weight excluding hydrogens is 295 g/mol. The predicted octanol–water partition coefficient (Wildman–Crippen LogP) is 3.83. The first kappa shape index (κ1) is 14.1. The van der Waals surface area contributed by atoms with Crippen molar-refractivity contribution >= 4 is 22.6 Å². The van der Waals surface area contributed by atoms with Crippen LogP contribution < -0.4 is 5.32 Å². The molecule has 1 aromatic heterocycles. The van der Waals surface area contributed by atoms with Crippen LogP contribution in [0.5, 0.6) is 0 Å². The Balaban J connectivity index is 1.90. The lowest BCUT2D eigenvalue weighted by molar-refractivity contribution is -0.137. The molecule has 112 valence electrons. The summed E-state index contributed by atoms with van der Waals surface area (Å²) in [5.74, 6) is -0.517. The van der Waals surface area contributed by atoms with Gasteiger partial charge in [0.25, 0.3) is 5.91 Å². The molecule has 0 aliphatic rings. The van der Waals surface area contributed by atoms with Gasteiger partial charge >= 0.3 is 6.18 Å². The smallest absolute Gasteiger partial charge is 0.345 e. The number of aromatic nitrogens is 2. The maximum atomic E-state index is 12.7. The van der Waals surface area contributed by atoms with Gasteiger partial charge in [-0.15, -0.1) is 0 Å². The number of para-hydroxylation sites is 1. The van der Waals surface area contributed by atoms with Crippen molar-refractivity contribution in [2.24, 2.45) is 0 Å². The number of carbonyl (C=O) groups is 1. The number of H-pyrrole nitrogens is 1. The standard InChI is InChI=1S/C15H10F3N3O/c16-15(17,18)9-3-1-4-10(7-9)21-14(22)11-5-2-6-12-13(11)20-8-19-12/h1-8H,(H,19,20)(H,21,22). The zero-order valence-electron chi connectivity index (χ0n) is 11.1. The van der Waals surface area contributed by atoms with Crippen LogP contribution in [0.1, 0.15) is 15.9 Å². The number of carbonyl (C=O) groups excluding carboxylic acids is 1. The number of alkyl halides is 3. The highest BCUT2D eigenvalue weighted by molar-refractivity contribution is 6.11. The van der Waals surface area contributed by atoms with Gasteiger partial charge in [0.15, 0.2) is 0 Å². The number of nitrogens with one attached hydrogen (secondary N) is 2. The molecule has 22 heavy (non-hydrogen) atoms. The first-order chi connectivity index (χ1) is 10.4. The number of hydrogen-bond acceptors (Lipinski definition) is 2. The molecule has 0 aliphatic heterocycles. The molecule has 3 rings (SSSR count). The fraction of sp³-hybridized carbons (Fsp3) is 0.0667. The van der Waals surface area contributed by atoms with Crippen molar-refractivity contribution in [3.8, 4) is 0 Å². The number of benzene rings is 2. The van der Waals surface area contributed by atoms with Crippen molar-refractivity contribution in [3.63, 3.8) is 0 Å². The number of aromatic amines is 1. The van der Waals surface area contributed by atoms with E-state index in [1.165, 1.54) is 18.5 Å². The third kappa shape index (κ3) is 2.65. The topological polar surface area (TPSA) is 57.8 Å². The van der Waals surface area contributed by atoms with Crippen molar-refractivity contribution in [1.29, 1.82) is 0 Å². The van der Waals surface area contributed by atoms with E-state index < -0.39 is 17.6 Å². The van der Waals surface area contributed by atoms with Gasteiger partial charge in [0, 0.05) is 5.69 Å². The van der Waals surface area contributed by atoms with Crippen LogP contribution >= 0.6 is 0 Å². The lowest BCUT2D eigenvalue weighted by atomic mass is 10.1. The molecule has 0 bridgehead atoms. The van der Waals surface area contributed by atoms with Gasteiger partial charge in [0.2, 0.25) is 0 Å². The van der Waals surface area contributed by atoms with Crippen LogP contribution in [0.4, 0.5) is 18.9 Å². The second kappa shape index (κ2) is 5.18. The van der Waals surface area contributed by atoms with E-state index in [9.17, 15) is 18.0 Å². The van der Waals surface area contributed by atoms with E-state index in [0.29, 0.717) is 11.0 Å². The molecule has 0 aliphatic carbocycles. The van der Waals surface area contributed by atoms with Crippen LogP contribution in [0.2, 0.25) is 0 Å². The summed E-state index contributed by atoms with van der Waals surface area (Å²) in [7, 11) is 0. The largest absolute Gasteiger partial charge is 0.416 e. The Hall–Kier alpha value is -2.83. The van der Waals surface area contributed by atoms with Crippen molar-refractivity contribution in [2.75, 3.05) is 5.32 Å². The average Bonchev–Trinajstić information content (AvgIpc) is 2.94. The van der Waals surface area contributed by atoms with E-state index in [1.54, 1.807) is 18.2 Å². The summed E-state index contributed by atoms with van der Waals surface area (Å²) in [6.45, 7) is 0. The van der Waals surface area contributed by atoms with Gasteiger partial charge < -0.3 is 10.3 Å². The number of rotatable bonds is 2. The van der Waals surface area contributed by atoms with Crippen molar-refractivity contribution in [1.82, 2.24) is 9.97 Å². The highest BCUT2D eigenvalue weighted by Gasteiger charge is 2.30. The zero-order valence-corrected chi connectivity index (χ0v) is 11.1. The maximum absolute atomic E-state index is 12.7. The number of hydrogen-bond donors (Lipinski definition) is 2. The van der Waals surface area contributed by atoms with Crippen LogP contribution in [-0.4, -0.2) is 15.9 Å². The molecule has 0 atom stereocenters. The van der Waals surface area contributed by atoms with Crippen molar-refractivity contribution in [3.05, 3.63) is 59.9 Å². The molecule has 0 radical (unpaired) electrons. The molecule has 2 N–H and O–H groups in total. The normalized spacial score (nSPS) is 11.6. The van der Waals surface area contributed by atoms with Crippen molar-refractivity contribution < 1.29 is 18.0 Å². The van der Waals surface area contributed by atoms with Gasteiger partial charge in [0.1, 0.15) is 5.52 Å². The number of halogens is 3. The quantitative estimate of drug-likeness (QED) is 0.756. The van der Waals surface area contributed by atoms with Gasteiger partial charge in [-0.25, -0.2) is 4.98 Å². The summed E-state index contributed by atoms with van der Waals surface area (Å²) in [5.41, 5.74) is 0.690. The van der Waals surface area contributed by atoms with Crippen LogP contribution in [0, 0.1) is 0 Å². The lowest BCUT2D eigenvalue weighted by Crippen LogP contribution is -2.13. The molecule has 3 aromatic rings. The minimum absolute atomic E-state index is 0.0763. The van der Waals surface area contributed by atoms with Gasteiger partial charge in [-0.05, 0) is 30.3 Å². The van der Waals surface area contributed by atoms with E-state index in [2.05, 4.69) is 15.3 Å². The fourth-order valence-corrected chi connectivity index (χ4v) is 2.12. The second-order valence-corrected chi connectivity index (χ2v) is 4.64. The van der Waals surface area contributed by atoms with Gasteiger partial charge in [0.05, 0.1) is 23.0 Å². The molecule has 7 heteroatoms. The Bertz CT molecular complexity index is 839.